The summed E-state index contributed by atoms with van der Waals surface area (Å²) in [6.07, 6.45) is 3.15. The molecular weight excluding hydrogens is 112 g/mol. The molecule has 0 radical (unpaired) electrons. The first-order valence-corrected chi connectivity index (χ1v) is 3.57. The van der Waals surface area contributed by atoms with Gasteiger partial charge in [0.25, 0.3) is 0 Å². The van der Waals surface area contributed by atoms with E-state index in [1.165, 1.54) is 6.42 Å². The van der Waals surface area contributed by atoms with E-state index in [1.807, 2.05) is 0 Å². The minimum Gasteiger partial charge on any atom is -0.388 e. The van der Waals surface area contributed by atoms with Gasteiger partial charge in [-0.15, -0.1) is 0 Å². The Kier molecular flexibility index (Phi) is 1.91. The summed E-state index contributed by atoms with van der Waals surface area (Å²) >= 11 is 0. The standard InChI is InChI=1S/C8H14O/c1-6-4-3-5-7(2)8(6)9/h7-9H,1,3-5H2,2H3/t7-,8-/m0/s1. The first kappa shape index (κ1) is 6.81. The van der Waals surface area contributed by atoms with E-state index in [1.54, 1.807) is 0 Å². The lowest BCUT2D eigenvalue weighted by atomic mass is 9.85. The maximum absolute atomic E-state index is 9.35. The van der Waals surface area contributed by atoms with Crippen LogP contribution in [0.1, 0.15) is 26.2 Å². The van der Waals surface area contributed by atoms with E-state index >= 15 is 0 Å². The van der Waals surface area contributed by atoms with Gasteiger partial charge in [-0.25, -0.2) is 0 Å². The molecule has 0 heterocycles. The smallest absolute Gasteiger partial charge is 0.0773 e. The molecule has 1 rings (SSSR count). The van der Waals surface area contributed by atoms with Crippen LogP contribution in [0.3, 0.4) is 0 Å². The summed E-state index contributed by atoms with van der Waals surface area (Å²) in [5, 5.41) is 9.35. The molecular formula is C8H14O. The molecule has 1 nitrogen and oxygen atoms in total. The topological polar surface area (TPSA) is 20.2 Å². The molecule has 1 aliphatic carbocycles. The van der Waals surface area contributed by atoms with Gasteiger partial charge in [0.1, 0.15) is 0 Å². The van der Waals surface area contributed by atoms with Crippen molar-refractivity contribution in [2.45, 2.75) is 32.3 Å². The lowest BCUT2D eigenvalue weighted by Gasteiger charge is -2.26. The Labute approximate surface area is 56.4 Å². The first-order valence-electron chi connectivity index (χ1n) is 3.57. The van der Waals surface area contributed by atoms with Crippen LogP contribution in [-0.4, -0.2) is 11.2 Å². The van der Waals surface area contributed by atoms with Gasteiger partial charge in [0.2, 0.25) is 0 Å². The zero-order valence-electron chi connectivity index (χ0n) is 5.93. The maximum Gasteiger partial charge on any atom is 0.0773 e. The SMILES string of the molecule is C=C1CCC[C@H](C)[C@H]1O. The second-order valence-electron chi connectivity index (χ2n) is 2.97. The summed E-state index contributed by atoms with van der Waals surface area (Å²) in [5.41, 5.74) is 1.02. The predicted octanol–water partition coefficient (Wildman–Crippen LogP) is 1.72. The van der Waals surface area contributed by atoms with Crippen molar-refractivity contribution in [3.63, 3.8) is 0 Å². The number of aliphatic hydroxyl groups excluding tert-OH is 1. The molecule has 1 saturated carbocycles. The van der Waals surface area contributed by atoms with Crippen LogP contribution in [0.2, 0.25) is 0 Å². The molecule has 1 heteroatoms. The van der Waals surface area contributed by atoms with E-state index < -0.39 is 0 Å². The Morgan fingerprint density at radius 3 is 2.78 bits per heavy atom. The molecule has 52 valence electrons. The monoisotopic (exact) mass is 126 g/mol. The van der Waals surface area contributed by atoms with Crippen molar-refractivity contribution in [1.29, 1.82) is 0 Å². The van der Waals surface area contributed by atoms with Gasteiger partial charge in [0.15, 0.2) is 0 Å². The summed E-state index contributed by atoms with van der Waals surface area (Å²) in [7, 11) is 0. The Hall–Kier alpha value is -0.300. The molecule has 1 aliphatic rings. The average molecular weight is 126 g/mol. The second-order valence-corrected chi connectivity index (χ2v) is 2.97. The predicted molar refractivity (Wildman–Crippen MR) is 38.2 cm³/mol. The van der Waals surface area contributed by atoms with E-state index in [9.17, 15) is 5.11 Å². The van der Waals surface area contributed by atoms with E-state index in [0.29, 0.717) is 5.92 Å². The summed E-state index contributed by atoms with van der Waals surface area (Å²) in [6.45, 7) is 5.87. The highest BCUT2D eigenvalue weighted by Crippen LogP contribution is 2.26. The molecule has 0 aromatic heterocycles. The largest absolute Gasteiger partial charge is 0.388 e. The highest BCUT2D eigenvalue weighted by atomic mass is 16.3. The van der Waals surface area contributed by atoms with Gasteiger partial charge in [-0.3, -0.25) is 0 Å². The molecule has 9 heavy (non-hydrogen) atoms. The molecule has 1 fully saturated rings. The Morgan fingerprint density at radius 1 is 1.67 bits per heavy atom. The summed E-state index contributed by atoms with van der Waals surface area (Å²) < 4.78 is 0. The van der Waals surface area contributed by atoms with Gasteiger partial charge in [0, 0.05) is 0 Å². The fraction of sp³-hybridized carbons (Fsp3) is 0.750. The van der Waals surface area contributed by atoms with Crippen LogP contribution in [0, 0.1) is 5.92 Å². The minimum atomic E-state index is -0.223. The fourth-order valence-corrected chi connectivity index (χ4v) is 1.36. The highest BCUT2D eigenvalue weighted by Gasteiger charge is 2.21. The maximum atomic E-state index is 9.35. The quantitative estimate of drug-likeness (QED) is 0.490. The van der Waals surface area contributed by atoms with Gasteiger partial charge in [0.05, 0.1) is 6.10 Å². The van der Waals surface area contributed by atoms with Crippen molar-refractivity contribution in [2.24, 2.45) is 5.92 Å². The van der Waals surface area contributed by atoms with E-state index in [2.05, 4.69) is 13.5 Å². The molecule has 0 unspecified atom stereocenters. The van der Waals surface area contributed by atoms with Gasteiger partial charge in [-0.1, -0.05) is 13.5 Å². The first-order chi connectivity index (χ1) is 4.22. The molecule has 0 aromatic carbocycles. The molecule has 1 N–H and O–H groups in total. The van der Waals surface area contributed by atoms with Crippen LogP contribution < -0.4 is 0 Å². The van der Waals surface area contributed by atoms with Crippen LogP contribution in [0.5, 0.6) is 0 Å². The molecule has 0 aromatic rings. The zero-order chi connectivity index (χ0) is 6.85. The van der Waals surface area contributed by atoms with Gasteiger partial charge >= 0.3 is 0 Å². The summed E-state index contributed by atoms with van der Waals surface area (Å²) in [5.74, 6) is 0.436. The molecule has 0 saturated heterocycles. The van der Waals surface area contributed by atoms with Gasteiger partial charge in [-0.2, -0.15) is 0 Å². The number of hydrogen-bond acceptors (Lipinski definition) is 1. The van der Waals surface area contributed by atoms with Crippen LogP contribution in [-0.2, 0) is 0 Å². The number of rotatable bonds is 0. The van der Waals surface area contributed by atoms with Gasteiger partial charge < -0.3 is 5.11 Å². The van der Waals surface area contributed by atoms with E-state index in [4.69, 9.17) is 0 Å². The average Bonchev–Trinajstić information content (AvgIpc) is 1.83. The lowest BCUT2D eigenvalue weighted by Crippen LogP contribution is -2.23. The van der Waals surface area contributed by atoms with Crippen molar-refractivity contribution < 1.29 is 5.11 Å². The molecule has 2 atom stereocenters. The fourth-order valence-electron chi connectivity index (χ4n) is 1.36. The van der Waals surface area contributed by atoms with Crippen molar-refractivity contribution in [3.8, 4) is 0 Å². The van der Waals surface area contributed by atoms with Crippen molar-refractivity contribution >= 4 is 0 Å². The van der Waals surface area contributed by atoms with E-state index in [-0.39, 0.29) is 6.10 Å². The Morgan fingerprint density at radius 2 is 2.33 bits per heavy atom. The minimum absolute atomic E-state index is 0.223. The van der Waals surface area contributed by atoms with Crippen LogP contribution >= 0.6 is 0 Å². The molecule has 0 aliphatic heterocycles. The normalized spacial score (nSPS) is 36.9. The third-order valence-corrected chi connectivity index (χ3v) is 2.11. The molecule has 0 bridgehead atoms. The Balaban J connectivity index is 2.51. The summed E-state index contributed by atoms with van der Waals surface area (Å²) in [6, 6.07) is 0. The van der Waals surface area contributed by atoms with Crippen molar-refractivity contribution in [2.75, 3.05) is 0 Å². The van der Waals surface area contributed by atoms with Crippen LogP contribution in [0.25, 0.3) is 0 Å². The number of hydrogen-bond donors (Lipinski definition) is 1. The van der Waals surface area contributed by atoms with Gasteiger partial charge in [-0.05, 0) is 30.8 Å². The molecule has 0 amide bonds. The lowest BCUT2D eigenvalue weighted by molar-refractivity contribution is 0.125. The second kappa shape index (κ2) is 2.53. The Bertz CT molecular complexity index is 118. The third-order valence-electron chi connectivity index (χ3n) is 2.11. The number of aliphatic hydroxyl groups is 1. The van der Waals surface area contributed by atoms with Crippen LogP contribution in [0.15, 0.2) is 12.2 Å². The third kappa shape index (κ3) is 1.33. The highest BCUT2D eigenvalue weighted by molar-refractivity contribution is 5.06. The van der Waals surface area contributed by atoms with Crippen molar-refractivity contribution in [3.05, 3.63) is 12.2 Å². The van der Waals surface area contributed by atoms with Crippen LogP contribution in [0.4, 0.5) is 0 Å². The zero-order valence-corrected chi connectivity index (χ0v) is 5.93. The van der Waals surface area contributed by atoms with E-state index in [0.717, 1.165) is 18.4 Å². The summed E-state index contributed by atoms with van der Waals surface area (Å²) in [4.78, 5) is 0. The molecule has 0 spiro atoms. The van der Waals surface area contributed by atoms with Crippen molar-refractivity contribution in [1.82, 2.24) is 0 Å².